The minimum absolute atomic E-state index is 0.211. The fraction of sp³-hybridized carbons (Fsp3) is 0.789. The Morgan fingerprint density at radius 1 is 1.38 bits per heavy atom. The van der Waals surface area contributed by atoms with Crippen molar-refractivity contribution in [2.75, 3.05) is 0 Å². The number of hydrogen-bond donors (Lipinski definition) is 2. The molecule has 0 aromatic heterocycles. The van der Waals surface area contributed by atoms with Gasteiger partial charge < -0.3 is 24.4 Å². The highest BCUT2D eigenvalue weighted by molar-refractivity contribution is 5.91. The quantitative estimate of drug-likeness (QED) is 0.560. The molecule has 7 heteroatoms. The van der Waals surface area contributed by atoms with Crippen LogP contribution in [-0.4, -0.2) is 51.9 Å². The molecular weight excluding hydrogens is 340 g/mol. The van der Waals surface area contributed by atoms with Crippen LogP contribution >= 0.6 is 0 Å². The molecule has 0 unspecified atom stereocenters. The van der Waals surface area contributed by atoms with Gasteiger partial charge in [-0.05, 0) is 13.3 Å². The summed E-state index contributed by atoms with van der Waals surface area (Å²) in [6.45, 7) is 10.8. The van der Waals surface area contributed by atoms with Crippen molar-refractivity contribution in [1.29, 1.82) is 0 Å². The van der Waals surface area contributed by atoms with Crippen molar-refractivity contribution in [3.05, 3.63) is 12.2 Å². The highest BCUT2D eigenvalue weighted by atomic mass is 16.7. The van der Waals surface area contributed by atoms with E-state index in [2.05, 4.69) is 6.58 Å². The highest BCUT2D eigenvalue weighted by Crippen LogP contribution is 2.49. The summed E-state index contributed by atoms with van der Waals surface area (Å²) in [6.07, 6.45) is -1.62. The van der Waals surface area contributed by atoms with Gasteiger partial charge in [0, 0.05) is 24.3 Å². The average molecular weight is 368 g/mol. The van der Waals surface area contributed by atoms with Gasteiger partial charge in [0.1, 0.15) is 18.3 Å². The zero-order chi connectivity index (χ0) is 19.4. The number of hydrogen-bond acceptors (Lipinski definition) is 7. The first-order chi connectivity index (χ1) is 12.0. The molecule has 3 fully saturated rings. The number of aliphatic hydroxyl groups excluding tert-OH is 1. The van der Waals surface area contributed by atoms with Crippen LogP contribution in [0.4, 0.5) is 0 Å². The normalized spacial score (nSPS) is 45.6. The van der Waals surface area contributed by atoms with E-state index in [0.717, 1.165) is 0 Å². The molecule has 0 aromatic carbocycles. The molecule has 3 saturated heterocycles. The molecule has 0 spiro atoms. The second-order valence-corrected chi connectivity index (χ2v) is 8.49. The molecule has 7 atom stereocenters. The van der Waals surface area contributed by atoms with E-state index in [-0.39, 0.29) is 36.7 Å². The van der Waals surface area contributed by atoms with Crippen LogP contribution in [0.2, 0.25) is 0 Å². The van der Waals surface area contributed by atoms with Crippen molar-refractivity contribution in [2.45, 2.75) is 76.7 Å². The smallest absolute Gasteiger partial charge is 0.334 e. The first-order valence-electron chi connectivity index (χ1n) is 9.18. The third kappa shape index (κ3) is 3.06. The molecule has 3 aliphatic rings. The highest BCUT2D eigenvalue weighted by Gasteiger charge is 2.60. The SMILES string of the molecule is C=C1C(=O)O[C@H]2C[C@@H](C)[C@]3(O)O[C@@](C)(C[C@H](OC(=O)C(C)C)[C@H]12)C[C@@H]3O. The molecule has 0 radical (unpaired) electrons. The summed E-state index contributed by atoms with van der Waals surface area (Å²) in [7, 11) is 0. The topological polar surface area (TPSA) is 102 Å². The number of ether oxygens (including phenoxy) is 3. The maximum absolute atomic E-state index is 12.3. The largest absolute Gasteiger partial charge is 0.461 e. The number of aliphatic hydroxyl groups is 2. The number of esters is 2. The lowest BCUT2D eigenvalue weighted by molar-refractivity contribution is -0.275. The summed E-state index contributed by atoms with van der Waals surface area (Å²) >= 11 is 0. The van der Waals surface area contributed by atoms with Gasteiger partial charge in [-0.25, -0.2) is 4.79 Å². The van der Waals surface area contributed by atoms with Crippen LogP contribution in [0.3, 0.4) is 0 Å². The number of fused-ring (bicyclic) bond motifs is 3. The summed E-state index contributed by atoms with van der Waals surface area (Å²) in [5.74, 6) is -3.92. The molecule has 0 amide bonds. The second-order valence-electron chi connectivity index (χ2n) is 8.49. The van der Waals surface area contributed by atoms with Gasteiger partial charge in [0.15, 0.2) is 5.79 Å². The van der Waals surface area contributed by atoms with Crippen molar-refractivity contribution in [3.8, 4) is 0 Å². The predicted octanol–water partition coefficient (Wildman–Crippen LogP) is 1.31. The third-order valence-corrected chi connectivity index (χ3v) is 5.90. The van der Waals surface area contributed by atoms with E-state index in [1.54, 1.807) is 27.7 Å². The molecule has 26 heavy (non-hydrogen) atoms. The summed E-state index contributed by atoms with van der Waals surface area (Å²) in [4.78, 5) is 24.4. The zero-order valence-corrected chi connectivity index (χ0v) is 15.7. The number of carbonyl (C=O) groups is 2. The lowest BCUT2D eigenvalue weighted by Gasteiger charge is -2.34. The lowest BCUT2D eigenvalue weighted by Crippen LogP contribution is -2.47. The fourth-order valence-corrected chi connectivity index (χ4v) is 4.39. The monoisotopic (exact) mass is 368 g/mol. The van der Waals surface area contributed by atoms with E-state index < -0.39 is 47.5 Å². The van der Waals surface area contributed by atoms with Gasteiger partial charge in [-0.15, -0.1) is 0 Å². The van der Waals surface area contributed by atoms with Crippen LogP contribution in [0.1, 0.15) is 47.0 Å². The maximum Gasteiger partial charge on any atom is 0.334 e. The first-order valence-corrected chi connectivity index (χ1v) is 9.18. The Morgan fingerprint density at radius 2 is 2.04 bits per heavy atom. The molecule has 0 saturated carbocycles. The molecule has 3 rings (SSSR count). The Hall–Kier alpha value is -1.44. The average Bonchev–Trinajstić information content (AvgIpc) is 2.92. The third-order valence-electron chi connectivity index (χ3n) is 5.90. The van der Waals surface area contributed by atoms with E-state index in [4.69, 9.17) is 14.2 Å². The van der Waals surface area contributed by atoms with Crippen LogP contribution in [0.25, 0.3) is 0 Å². The Balaban J connectivity index is 2.00. The van der Waals surface area contributed by atoms with Gasteiger partial charge in [0.05, 0.1) is 17.4 Å². The van der Waals surface area contributed by atoms with Gasteiger partial charge in [-0.2, -0.15) is 0 Å². The van der Waals surface area contributed by atoms with Crippen LogP contribution < -0.4 is 0 Å². The van der Waals surface area contributed by atoms with E-state index >= 15 is 0 Å². The van der Waals surface area contributed by atoms with Gasteiger partial charge in [0.25, 0.3) is 0 Å². The van der Waals surface area contributed by atoms with Crippen molar-refractivity contribution in [1.82, 2.24) is 0 Å². The Morgan fingerprint density at radius 3 is 2.65 bits per heavy atom. The maximum atomic E-state index is 12.3. The van der Waals surface area contributed by atoms with E-state index in [1.165, 1.54) is 0 Å². The van der Waals surface area contributed by atoms with Crippen molar-refractivity contribution in [2.24, 2.45) is 17.8 Å². The van der Waals surface area contributed by atoms with Gasteiger partial charge in [-0.3, -0.25) is 4.79 Å². The Labute approximate surface area is 153 Å². The summed E-state index contributed by atoms with van der Waals surface area (Å²) in [5.41, 5.74) is -0.622. The molecule has 0 aliphatic carbocycles. The zero-order valence-electron chi connectivity index (χ0n) is 15.7. The van der Waals surface area contributed by atoms with Gasteiger partial charge in [0.2, 0.25) is 0 Å². The van der Waals surface area contributed by atoms with Crippen LogP contribution in [0, 0.1) is 17.8 Å². The van der Waals surface area contributed by atoms with Crippen LogP contribution in [0.15, 0.2) is 12.2 Å². The first kappa shape index (κ1) is 19.3. The molecule has 0 aromatic rings. The molecule has 3 heterocycles. The molecule has 2 N–H and O–H groups in total. The predicted molar refractivity (Wildman–Crippen MR) is 90.7 cm³/mol. The van der Waals surface area contributed by atoms with Crippen molar-refractivity contribution in [3.63, 3.8) is 0 Å². The lowest BCUT2D eigenvalue weighted by atomic mass is 9.78. The van der Waals surface area contributed by atoms with Gasteiger partial charge >= 0.3 is 11.9 Å². The second kappa shape index (κ2) is 6.32. The van der Waals surface area contributed by atoms with E-state index in [1.807, 2.05) is 0 Å². The van der Waals surface area contributed by atoms with Gasteiger partial charge in [-0.1, -0.05) is 27.4 Å². The van der Waals surface area contributed by atoms with Crippen molar-refractivity contribution >= 4 is 11.9 Å². The van der Waals surface area contributed by atoms with Crippen LogP contribution in [0.5, 0.6) is 0 Å². The van der Waals surface area contributed by atoms with Crippen LogP contribution in [-0.2, 0) is 23.8 Å². The summed E-state index contributed by atoms with van der Waals surface area (Å²) in [5, 5.41) is 21.3. The Bertz CT molecular complexity index is 629. The molecule has 146 valence electrons. The minimum Gasteiger partial charge on any atom is -0.461 e. The van der Waals surface area contributed by atoms with E-state index in [9.17, 15) is 19.8 Å². The molecule has 7 nitrogen and oxygen atoms in total. The van der Waals surface area contributed by atoms with E-state index in [0.29, 0.717) is 0 Å². The standard InChI is InChI=1S/C19H28O7/c1-9(2)16(21)25-13-7-18(5)8-14(20)19(23,26-18)10(3)6-12-15(13)11(4)17(22)24-12/h9-10,12-15,20,23H,4,6-8H2,1-3,5H3/t10-,12+,13+,14+,15-,18+,19+/m1/s1. The number of carbonyl (C=O) groups excluding carboxylic acids is 2. The Kier molecular flexibility index (Phi) is 4.70. The molecular formula is C19H28O7. The summed E-state index contributed by atoms with van der Waals surface area (Å²) in [6, 6.07) is 0. The number of rotatable bonds is 2. The molecule has 2 bridgehead atoms. The summed E-state index contributed by atoms with van der Waals surface area (Å²) < 4.78 is 17.1. The molecule has 3 aliphatic heterocycles. The van der Waals surface area contributed by atoms with Crippen molar-refractivity contribution < 1.29 is 34.0 Å². The minimum atomic E-state index is -1.73. The fourth-order valence-electron chi connectivity index (χ4n) is 4.39.